The van der Waals surface area contributed by atoms with Gasteiger partial charge < -0.3 is 4.74 Å². The minimum Gasteiger partial charge on any atom is -0.497 e. The second-order valence-electron chi connectivity index (χ2n) is 3.33. The molecular weight excluding hydrogens is 160 g/mol. The van der Waals surface area contributed by atoms with Gasteiger partial charge in [0, 0.05) is 0 Å². The molecule has 1 rings (SSSR count). The van der Waals surface area contributed by atoms with Crippen LogP contribution in [-0.2, 0) is 0 Å². The summed E-state index contributed by atoms with van der Waals surface area (Å²) in [5.41, 5.74) is 1.27. The summed E-state index contributed by atoms with van der Waals surface area (Å²) < 4.78 is 5.09. The SMILES string of the molecule is CCC(C)[CH]c1ccc(OC)cc1. The first-order chi connectivity index (χ1) is 6.26. The third kappa shape index (κ3) is 3.10. The fraction of sp³-hybridized carbons (Fsp3) is 0.417. The highest BCUT2D eigenvalue weighted by Crippen LogP contribution is 2.17. The maximum atomic E-state index is 5.09. The Labute approximate surface area is 80.7 Å². The van der Waals surface area contributed by atoms with Crippen molar-refractivity contribution in [3.8, 4) is 5.75 Å². The maximum Gasteiger partial charge on any atom is 0.118 e. The van der Waals surface area contributed by atoms with Crippen molar-refractivity contribution in [2.24, 2.45) is 5.92 Å². The van der Waals surface area contributed by atoms with E-state index in [0.29, 0.717) is 5.92 Å². The van der Waals surface area contributed by atoms with Crippen molar-refractivity contribution in [1.29, 1.82) is 0 Å². The molecule has 0 spiro atoms. The quantitative estimate of drug-likeness (QED) is 0.685. The average molecular weight is 177 g/mol. The third-order valence-corrected chi connectivity index (χ3v) is 2.24. The third-order valence-electron chi connectivity index (χ3n) is 2.24. The van der Waals surface area contributed by atoms with Crippen molar-refractivity contribution in [2.45, 2.75) is 20.3 Å². The van der Waals surface area contributed by atoms with Gasteiger partial charge in [0.05, 0.1) is 7.11 Å². The van der Waals surface area contributed by atoms with Gasteiger partial charge in [-0.2, -0.15) is 0 Å². The van der Waals surface area contributed by atoms with E-state index in [9.17, 15) is 0 Å². The van der Waals surface area contributed by atoms with Crippen LogP contribution < -0.4 is 4.74 Å². The Bertz CT molecular complexity index is 238. The average Bonchev–Trinajstić information content (AvgIpc) is 2.19. The fourth-order valence-corrected chi connectivity index (χ4v) is 1.16. The normalized spacial score (nSPS) is 12.5. The topological polar surface area (TPSA) is 9.23 Å². The molecule has 13 heavy (non-hydrogen) atoms. The molecule has 1 nitrogen and oxygen atoms in total. The molecule has 0 N–H and O–H groups in total. The van der Waals surface area contributed by atoms with Gasteiger partial charge in [-0.3, -0.25) is 0 Å². The van der Waals surface area contributed by atoms with Crippen molar-refractivity contribution < 1.29 is 4.74 Å². The summed E-state index contributed by atoms with van der Waals surface area (Å²) in [7, 11) is 1.69. The zero-order valence-electron chi connectivity index (χ0n) is 8.58. The summed E-state index contributed by atoms with van der Waals surface area (Å²) in [6, 6.07) is 8.17. The lowest BCUT2D eigenvalue weighted by Crippen LogP contribution is -1.94. The first-order valence-corrected chi connectivity index (χ1v) is 4.75. The Balaban J connectivity index is 2.58. The maximum absolute atomic E-state index is 5.09. The molecule has 1 atom stereocenters. The van der Waals surface area contributed by atoms with Crippen molar-refractivity contribution in [3.63, 3.8) is 0 Å². The van der Waals surface area contributed by atoms with E-state index in [1.165, 1.54) is 12.0 Å². The van der Waals surface area contributed by atoms with Crippen LogP contribution in [0.25, 0.3) is 0 Å². The molecule has 0 saturated carbocycles. The van der Waals surface area contributed by atoms with Gasteiger partial charge in [-0.25, -0.2) is 0 Å². The zero-order chi connectivity index (χ0) is 9.68. The first-order valence-electron chi connectivity index (χ1n) is 4.75. The van der Waals surface area contributed by atoms with Crippen LogP contribution in [0.5, 0.6) is 5.75 Å². The molecule has 0 saturated heterocycles. The highest BCUT2D eigenvalue weighted by atomic mass is 16.5. The second kappa shape index (κ2) is 4.90. The molecule has 0 aliphatic heterocycles. The molecule has 0 heterocycles. The molecule has 0 aromatic heterocycles. The molecular formula is C12H17O. The first kappa shape index (κ1) is 10.1. The van der Waals surface area contributed by atoms with Crippen LogP contribution in [0.2, 0.25) is 0 Å². The van der Waals surface area contributed by atoms with Crippen molar-refractivity contribution in [3.05, 3.63) is 36.2 Å². The van der Waals surface area contributed by atoms with E-state index in [-0.39, 0.29) is 0 Å². The highest BCUT2D eigenvalue weighted by Gasteiger charge is 2.01. The van der Waals surface area contributed by atoms with Gasteiger partial charge in [-0.1, -0.05) is 32.4 Å². The van der Waals surface area contributed by atoms with Gasteiger partial charge in [0.15, 0.2) is 0 Å². The molecule has 1 aromatic rings. The van der Waals surface area contributed by atoms with E-state index in [0.717, 1.165) is 5.75 Å². The van der Waals surface area contributed by atoms with Crippen molar-refractivity contribution >= 4 is 0 Å². The standard InChI is InChI=1S/C12H17O/c1-4-10(2)9-11-5-7-12(13-3)8-6-11/h5-10H,4H2,1-3H3. The lowest BCUT2D eigenvalue weighted by molar-refractivity contribution is 0.414. The number of ether oxygens (including phenoxy) is 1. The summed E-state index contributed by atoms with van der Waals surface area (Å²) in [6.07, 6.45) is 3.46. The van der Waals surface area contributed by atoms with E-state index in [1.807, 2.05) is 12.1 Å². The molecule has 0 aliphatic rings. The number of hydrogen-bond donors (Lipinski definition) is 0. The monoisotopic (exact) mass is 177 g/mol. The summed E-state index contributed by atoms with van der Waals surface area (Å²) >= 11 is 0. The van der Waals surface area contributed by atoms with Crippen LogP contribution >= 0.6 is 0 Å². The molecule has 0 aliphatic carbocycles. The second-order valence-corrected chi connectivity index (χ2v) is 3.33. The van der Waals surface area contributed by atoms with E-state index >= 15 is 0 Å². The summed E-state index contributed by atoms with van der Waals surface area (Å²) in [6.45, 7) is 4.43. The van der Waals surface area contributed by atoms with Crippen LogP contribution in [0.1, 0.15) is 25.8 Å². The van der Waals surface area contributed by atoms with Crippen LogP contribution in [0.4, 0.5) is 0 Å². The largest absolute Gasteiger partial charge is 0.497 e. The predicted octanol–water partition coefficient (Wildman–Crippen LogP) is 3.29. The Hall–Kier alpha value is -0.980. The number of benzene rings is 1. The molecule has 1 radical (unpaired) electrons. The smallest absolute Gasteiger partial charge is 0.118 e. The van der Waals surface area contributed by atoms with Gasteiger partial charge in [0.1, 0.15) is 5.75 Å². The number of rotatable bonds is 4. The molecule has 1 unspecified atom stereocenters. The molecule has 71 valence electrons. The van der Waals surface area contributed by atoms with Gasteiger partial charge >= 0.3 is 0 Å². The van der Waals surface area contributed by atoms with Crippen molar-refractivity contribution in [1.82, 2.24) is 0 Å². The van der Waals surface area contributed by atoms with Crippen LogP contribution in [-0.4, -0.2) is 7.11 Å². The Morgan fingerprint density at radius 2 is 1.92 bits per heavy atom. The summed E-state index contributed by atoms with van der Waals surface area (Å²) in [4.78, 5) is 0. The van der Waals surface area contributed by atoms with Gasteiger partial charge in [0.2, 0.25) is 0 Å². The predicted molar refractivity (Wildman–Crippen MR) is 55.9 cm³/mol. The van der Waals surface area contributed by atoms with E-state index < -0.39 is 0 Å². The Morgan fingerprint density at radius 1 is 1.31 bits per heavy atom. The number of hydrogen-bond acceptors (Lipinski definition) is 1. The van der Waals surface area contributed by atoms with Gasteiger partial charge in [-0.05, 0) is 30.0 Å². The highest BCUT2D eigenvalue weighted by molar-refractivity contribution is 5.31. The Morgan fingerprint density at radius 3 is 2.38 bits per heavy atom. The van der Waals surface area contributed by atoms with Crippen LogP contribution in [0.3, 0.4) is 0 Å². The van der Waals surface area contributed by atoms with Crippen molar-refractivity contribution in [2.75, 3.05) is 7.11 Å². The molecule has 1 heteroatoms. The molecule has 1 aromatic carbocycles. The van der Waals surface area contributed by atoms with Gasteiger partial charge in [0.25, 0.3) is 0 Å². The minimum absolute atomic E-state index is 0.647. The summed E-state index contributed by atoms with van der Waals surface area (Å²) in [5, 5.41) is 0. The van der Waals surface area contributed by atoms with Crippen LogP contribution in [0.15, 0.2) is 24.3 Å². The Kier molecular flexibility index (Phi) is 3.81. The fourth-order valence-electron chi connectivity index (χ4n) is 1.16. The molecule has 0 amide bonds. The molecule has 0 bridgehead atoms. The minimum atomic E-state index is 0.647. The molecule has 0 fully saturated rings. The van der Waals surface area contributed by atoms with Crippen LogP contribution in [0, 0.1) is 12.3 Å². The van der Waals surface area contributed by atoms with E-state index in [1.54, 1.807) is 7.11 Å². The van der Waals surface area contributed by atoms with E-state index in [4.69, 9.17) is 4.74 Å². The zero-order valence-corrected chi connectivity index (χ0v) is 8.58. The lowest BCUT2D eigenvalue weighted by Gasteiger charge is -2.07. The lowest BCUT2D eigenvalue weighted by atomic mass is 9.99. The summed E-state index contributed by atoms with van der Waals surface area (Å²) in [5.74, 6) is 1.56. The van der Waals surface area contributed by atoms with E-state index in [2.05, 4.69) is 32.4 Å². The van der Waals surface area contributed by atoms with Gasteiger partial charge in [-0.15, -0.1) is 0 Å². The number of methoxy groups -OCH3 is 1.